The first kappa shape index (κ1) is 22.6. The Labute approximate surface area is 190 Å². The summed E-state index contributed by atoms with van der Waals surface area (Å²) in [5.41, 5.74) is 2.08. The lowest BCUT2D eigenvalue weighted by Crippen LogP contribution is -2.51. The van der Waals surface area contributed by atoms with Gasteiger partial charge in [-0.1, -0.05) is 30.3 Å². The summed E-state index contributed by atoms with van der Waals surface area (Å²) < 4.78 is 26.8. The maximum Gasteiger partial charge on any atom is 0.236 e. The van der Waals surface area contributed by atoms with Gasteiger partial charge in [-0.25, -0.2) is 8.42 Å². The van der Waals surface area contributed by atoms with E-state index in [0.717, 1.165) is 38.3 Å². The van der Waals surface area contributed by atoms with E-state index in [2.05, 4.69) is 9.88 Å². The zero-order chi connectivity index (χ0) is 22.4. The molecule has 1 aromatic heterocycles. The van der Waals surface area contributed by atoms with Crippen molar-refractivity contribution in [2.24, 2.45) is 5.92 Å². The van der Waals surface area contributed by atoms with E-state index in [9.17, 15) is 13.2 Å². The molecular formula is C24H30N4O3S. The molecule has 2 fully saturated rings. The highest BCUT2D eigenvalue weighted by Crippen LogP contribution is 2.23. The number of aromatic nitrogens is 1. The van der Waals surface area contributed by atoms with Gasteiger partial charge in [-0.3, -0.25) is 14.7 Å². The number of hydrogen-bond donors (Lipinski definition) is 0. The van der Waals surface area contributed by atoms with E-state index in [1.165, 1.54) is 15.3 Å². The summed E-state index contributed by atoms with van der Waals surface area (Å²) in [7, 11) is -3.48. The van der Waals surface area contributed by atoms with Crippen molar-refractivity contribution < 1.29 is 13.2 Å². The molecule has 170 valence electrons. The van der Waals surface area contributed by atoms with Gasteiger partial charge in [-0.15, -0.1) is 0 Å². The van der Waals surface area contributed by atoms with Crippen molar-refractivity contribution in [2.75, 3.05) is 39.3 Å². The third-order valence-corrected chi connectivity index (χ3v) is 7.80. The van der Waals surface area contributed by atoms with Gasteiger partial charge in [-0.05, 0) is 42.2 Å². The Morgan fingerprint density at radius 3 is 2.25 bits per heavy atom. The van der Waals surface area contributed by atoms with Crippen LogP contribution in [0.5, 0.6) is 0 Å². The number of pyridine rings is 1. The average Bonchev–Trinajstić information content (AvgIpc) is 2.84. The van der Waals surface area contributed by atoms with Crippen LogP contribution in [-0.2, 0) is 21.4 Å². The van der Waals surface area contributed by atoms with Crippen molar-refractivity contribution >= 4 is 22.0 Å². The molecule has 0 N–H and O–H groups in total. The third-order valence-electron chi connectivity index (χ3n) is 6.23. The second-order valence-electron chi connectivity index (χ2n) is 8.39. The number of rotatable bonds is 6. The summed E-state index contributed by atoms with van der Waals surface area (Å²) >= 11 is 0. The molecule has 0 aliphatic carbocycles. The minimum absolute atomic E-state index is 0.0914. The van der Waals surface area contributed by atoms with E-state index in [0.29, 0.717) is 25.9 Å². The first-order chi connectivity index (χ1) is 15.5. The molecule has 0 radical (unpaired) electrons. The van der Waals surface area contributed by atoms with Gasteiger partial charge in [0.2, 0.25) is 15.9 Å². The van der Waals surface area contributed by atoms with E-state index < -0.39 is 10.0 Å². The van der Waals surface area contributed by atoms with Gasteiger partial charge in [0.15, 0.2) is 0 Å². The Balaban J connectivity index is 1.24. The van der Waals surface area contributed by atoms with Crippen LogP contribution in [0.15, 0.2) is 60.3 Å². The molecule has 4 rings (SSSR count). The van der Waals surface area contributed by atoms with Crippen LogP contribution in [0, 0.1) is 5.92 Å². The molecular weight excluding hydrogens is 424 g/mol. The smallest absolute Gasteiger partial charge is 0.236 e. The zero-order valence-electron chi connectivity index (χ0n) is 18.2. The molecule has 0 unspecified atom stereocenters. The quantitative estimate of drug-likeness (QED) is 0.670. The lowest BCUT2D eigenvalue weighted by Gasteiger charge is -2.38. The molecule has 2 aromatic rings. The number of sulfonamides is 1. The molecule has 2 saturated heterocycles. The summed E-state index contributed by atoms with van der Waals surface area (Å²) in [5.74, 6) is 0.0803. The standard InChI is InChI=1S/C24H30N4O3S/c29-24(27-17-15-26(16-18-27)20-22-6-11-25-12-7-22)23-8-13-28(14-9-23)32(30,31)19-10-21-4-2-1-3-5-21/h1-7,10-12,19,23H,8-9,13-18,20H2/b19-10+. The predicted molar refractivity (Wildman–Crippen MR) is 125 cm³/mol. The van der Waals surface area contributed by atoms with Gasteiger partial charge in [0.05, 0.1) is 0 Å². The summed E-state index contributed by atoms with van der Waals surface area (Å²) in [5, 5.41) is 1.27. The first-order valence-electron chi connectivity index (χ1n) is 11.1. The predicted octanol–water partition coefficient (Wildman–Crippen LogP) is 2.44. The van der Waals surface area contributed by atoms with Crippen molar-refractivity contribution in [3.8, 4) is 0 Å². The van der Waals surface area contributed by atoms with E-state index in [4.69, 9.17) is 0 Å². The van der Waals surface area contributed by atoms with Gasteiger partial charge in [0.1, 0.15) is 0 Å². The highest BCUT2D eigenvalue weighted by atomic mass is 32.2. The summed E-state index contributed by atoms with van der Waals surface area (Å²) in [4.78, 5) is 21.4. The second kappa shape index (κ2) is 10.4. The lowest BCUT2D eigenvalue weighted by molar-refractivity contribution is -0.138. The fourth-order valence-corrected chi connectivity index (χ4v) is 5.52. The van der Waals surface area contributed by atoms with Crippen molar-refractivity contribution in [3.63, 3.8) is 0 Å². The van der Waals surface area contributed by atoms with Crippen LogP contribution < -0.4 is 0 Å². The number of benzene rings is 1. The monoisotopic (exact) mass is 454 g/mol. The molecule has 1 amide bonds. The van der Waals surface area contributed by atoms with E-state index in [-0.39, 0.29) is 11.8 Å². The van der Waals surface area contributed by atoms with Gasteiger partial charge in [0, 0.05) is 69.5 Å². The van der Waals surface area contributed by atoms with Gasteiger partial charge in [-0.2, -0.15) is 4.31 Å². The van der Waals surface area contributed by atoms with Crippen LogP contribution >= 0.6 is 0 Å². The van der Waals surface area contributed by atoms with Crippen LogP contribution in [0.4, 0.5) is 0 Å². The molecule has 0 spiro atoms. The number of piperidine rings is 1. The number of nitrogens with zero attached hydrogens (tertiary/aromatic N) is 4. The highest BCUT2D eigenvalue weighted by molar-refractivity contribution is 7.92. The summed E-state index contributed by atoms with van der Waals surface area (Å²) in [6.07, 6.45) is 6.39. The molecule has 8 heteroatoms. The minimum atomic E-state index is -3.48. The Morgan fingerprint density at radius 1 is 0.938 bits per heavy atom. The SMILES string of the molecule is O=C(C1CCN(S(=O)(=O)/C=C/c2ccccc2)CC1)N1CCN(Cc2ccncc2)CC1. The molecule has 0 saturated carbocycles. The molecule has 2 aliphatic rings. The number of piperazine rings is 1. The molecule has 0 atom stereocenters. The van der Waals surface area contributed by atoms with Gasteiger partial charge >= 0.3 is 0 Å². The Kier molecular flexibility index (Phi) is 7.34. The third kappa shape index (κ3) is 5.82. The van der Waals surface area contributed by atoms with Crippen molar-refractivity contribution in [3.05, 3.63) is 71.4 Å². The van der Waals surface area contributed by atoms with Crippen LogP contribution in [0.2, 0.25) is 0 Å². The normalized spacial score (nSPS) is 19.4. The largest absolute Gasteiger partial charge is 0.340 e. The topological polar surface area (TPSA) is 73.8 Å². The van der Waals surface area contributed by atoms with Crippen LogP contribution in [0.25, 0.3) is 6.08 Å². The zero-order valence-corrected chi connectivity index (χ0v) is 19.0. The maximum atomic E-state index is 13.0. The van der Waals surface area contributed by atoms with E-state index in [1.807, 2.05) is 47.4 Å². The summed E-state index contributed by atoms with van der Waals surface area (Å²) in [6, 6.07) is 13.4. The summed E-state index contributed by atoms with van der Waals surface area (Å²) in [6.45, 7) is 4.80. The fourth-order valence-electron chi connectivity index (χ4n) is 4.30. The molecule has 32 heavy (non-hydrogen) atoms. The number of carbonyl (C=O) groups is 1. The van der Waals surface area contributed by atoms with Crippen molar-refractivity contribution in [1.29, 1.82) is 0 Å². The van der Waals surface area contributed by atoms with Crippen molar-refractivity contribution in [2.45, 2.75) is 19.4 Å². The number of carbonyl (C=O) groups excluding carboxylic acids is 1. The van der Waals surface area contributed by atoms with Gasteiger partial charge in [0.25, 0.3) is 0 Å². The highest BCUT2D eigenvalue weighted by Gasteiger charge is 2.33. The van der Waals surface area contributed by atoms with E-state index in [1.54, 1.807) is 18.5 Å². The molecule has 3 heterocycles. The Hall–Kier alpha value is -2.55. The molecule has 7 nitrogen and oxygen atoms in total. The van der Waals surface area contributed by atoms with Crippen LogP contribution in [0.1, 0.15) is 24.0 Å². The molecule has 1 aromatic carbocycles. The lowest BCUT2D eigenvalue weighted by atomic mass is 9.96. The molecule has 2 aliphatic heterocycles. The maximum absolute atomic E-state index is 13.0. The van der Waals surface area contributed by atoms with Crippen LogP contribution in [-0.4, -0.2) is 72.7 Å². The average molecular weight is 455 g/mol. The Morgan fingerprint density at radius 2 is 1.59 bits per heavy atom. The first-order valence-corrected chi connectivity index (χ1v) is 12.6. The molecule has 0 bridgehead atoms. The fraction of sp³-hybridized carbons (Fsp3) is 0.417. The van der Waals surface area contributed by atoms with Gasteiger partial charge < -0.3 is 4.90 Å². The number of hydrogen-bond acceptors (Lipinski definition) is 5. The number of amides is 1. The minimum Gasteiger partial charge on any atom is -0.340 e. The Bertz CT molecular complexity index is 1010. The van der Waals surface area contributed by atoms with Crippen molar-refractivity contribution in [1.82, 2.24) is 19.1 Å². The second-order valence-corrected chi connectivity index (χ2v) is 10.2. The van der Waals surface area contributed by atoms with Crippen LogP contribution in [0.3, 0.4) is 0 Å². The van der Waals surface area contributed by atoms with E-state index >= 15 is 0 Å².